The maximum atomic E-state index is 6.44. The van der Waals surface area contributed by atoms with Gasteiger partial charge >= 0.3 is 0 Å². The first kappa shape index (κ1) is 12.3. The van der Waals surface area contributed by atoms with E-state index in [1.54, 1.807) is 0 Å². The van der Waals surface area contributed by atoms with Gasteiger partial charge in [0.15, 0.2) is 0 Å². The van der Waals surface area contributed by atoms with Gasteiger partial charge in [0.2, 0.25) is 0 Å². The van der Waals surface area contributed by atoms with Gasteiger partial charge in [0, 0.05) is 48.0 Å². The predicted octanol–water partition coefficient (Wildman–Crippen LogP) is 3.44. The zero-order valence-corrected chi connectivity index (χ0v) is 12.1. The summed E-state index contributed by atoms with van der Waals surface area (Å²) in [5.74, 6) is 0. The van der Waals surface area contributed by atoms with Crippen molar-refractivity contribution in [2.75, 3.05) is 6.54 Å². The van der Waals surface area contributed by atoms with Crippen LogP contribution in [0.1, 0.15) is 5.69 Å². The lowest BCUT2D eigenvalue weighted by molar-refractivity contribution is 0.528. The standard InChI is InChI=1S/C14H12Cl2N4/c15-10-2-1-9-12(8-5-18-19-6-8)11-7-17-3-4-20(11)14(9)13(10)16/h1-2,5-6,17H,3-4,7H2,(H,18,19). The van der Waals surface area contributed by atoms with Crippen LogP contribution in [0.3, 0.4) is 0 Å². The Morgan fingerprint density at radius 2 is 2.15 bits per heavy atom. The Hall–Kier alpha value is -1.49. The molecule has 102 valence electrons. The third kappa shape index (κ3) is 1.62. The van der Waals surface area contributed by atoms with Crippen molar-refractivity contribution in [2.24, 2.45) is 0 Å². The van der Waals surface area contributed by atoms with Crippen molar-refractivity contribution >= 4 is 34.1 Å². The van der Waals surface area contributed by atoms with E-state index < -0.39 is 0 Å². The summed E-state index contributed by atoms with van der Waals surface area (Å²) in [6.07, 6.45) is 3.75. The maximum absolute atomic E-state index is 6.44. The Labute approximate surface area is 125 Å². The van der Waals surface area contributed by atoms with Crippen LogP contribution < -0.4 is 5.32 Å². The van der Waals surface area contributed by atoms with Crippen LogP contribution in [0.4, 0.5) is 0 Å². The number of fused-ring (bicyclic) bond motifs is 3. The van der Waals surface area contributed by atoms with Crippen LogP contribution in [-0.4, -0.2) is 21.3 Å². The van der Waals surface area contributed by atoms with Gasteiger partial charge in [-0.15, -0.1) is 0 Å². The summed E-state index contributed by atoms with van der Waals surface area (Å²) in [7, 11) is 0. The van der Waals surface area contributed by atoms with Crippen molar-refractivity contribution in [2.45, 2.75) is 13.1 Å². The number of benzene rings is 1. The molecule has 4 rings (SSSR count). The number of hydrogen-bond donors (Lipinski definition) is 2. The van der Waals surface area contributed by atoms with E-state index in [9.17, 15) is 0 Å². The van der Waals surface area contributed by atoms with Crippen molar-refractivity contribution < 1.29 is 0 Å². The van der Waals surface area contributed by atoms with Crippen LogP contribution in [0.25, 0.3) is 22.0 Å². The van der Waals surface area contributed by atoms with E-state index in [1.165, 1.54) is 11.3 Å². The van der Waals surface area contributed by atoms with Crippen molar-refractivity contribution in [1.82, 2.24) is 20.1 Å². The molecule has 2 aromatic heterocycles. The number of nitrogens with one attached hydrogen (secondary N) is 2. The molecule has 0 unspecified atom stereocenters. The minimum absolute atomic E-state index is 0.594. The SMILES string of the molecule is Clc1ccc2c(-c3cn[nH]c3)c3n(c2c1Cl)CCNC3. The van der Waals surface area contributed by atoms with E-state index in [-0.39, 0.29) is 0 Å². The zero-order valence-electron chi connectivity index (χ0n) is 10.6. The normalized spacial score (nSPS) is 14.7. The van der Waals surface area contributed by atoms with E-state index in [0.29, 0.717) is 10.0 Å². The highest BCUT2D eigenvalue weighted by atomic mass is 35.5. The topological polar surface area (TPSA) is 45.6 Å². The molecule has 0 radical (unpaired) electrons. The molecule has 3 heterocycles. The zero-order chi connectivity index (χ0) is 13.7. The van der Waals surface area contributed by atoms with Gasteiger partial charge in [-0.25, -0.2) is 0 Å². The molecule has 3 aromatic rings. The molecule has 0 aliphatic carbocycles. The fraction of sp³-hybridized carbons (Fsp3) is 0.214. The second kappa shape index (κ2) is 4.52. The first-order chi connectivity index (χ1) is 9.77. The lowest BCUT2D eigenvalue weighted by Gasteiger charge is -2.18. The molecule has 20 heavy (non-hydrogen) atoms. The number of halogens is 2. The molecule has 2 N–H and O–H groups in total. The fourth-order valence-electron chi connectivity index (χ4n) is 2.97. The average Bonchev–Trinajstić information content (AvgIpc) is 3.08. The lowest BCUT2D eigenvalue weighted by Crippen LogP contribution is -2.27. The lowest BCUT2D eigenvalue weighted by atomic mass is 10.0. The quantitative estimate of drug-likeness (QED) is 0.723. The minimum Gasteiger partial charge on any atom is -0.340 e. The average molecular weight is 307 g/mol. The van der Waals surface area contributed by atoms with Crippen LogP contribution in [-0.2, 0) is 13.1 Å². The molecule has 1 aromatic carbocycles. The highest BCUT2D eigenvalue weighted by Crippen LogP contribution is 2.41. The Morgan fingerprint density at radius 3 is 2.95 bits per heavy atom. The highest BCUT2D eigenvalue weighted by molar-refractivity contribution is 6.45. The molecule has 0 amide bonds. The smallest absolute Gasteiger partial charge is 0.0835 e. The highest BCUT2D eigenvalue weighted by Gasteiger charge is 2.23. The molecule has 0 saturated carbocycles. The van der Waals surface area contributed by atoms with E-state index in [2.05, 4.69) is 20.1 Å². The number of aromatic amines is 1. The molecular weight excluding hydrogens is 295 g/mol. The van der Waals surface area contributed by atoms with Crippen LogP contribution in [0.15, 0.2) is 24.5 Å². The Kier molecular flexibility index (Phi) is 2.77. The molecule has 0 atom stereocenters. The van der Waals surface area contributed by atoms with E-state index in [4.69, 9.17) is 23.2 Å². The van der Waals surface area contributed by atoms with Crippen LogP contribution >= 0.6 is 23.2 Å². The summed E-state index contributed by atoms with van der Waals surface area (Å²) in [6, 6.07) is 3.90. The van der Waals surface area contributed by atoms with Crippen molar-refractivity contribution in [3.63, 3.8) is 0 Å². The van der Waals surface area contributed by atoms with E-state index in [0.717, 1.165) is 36.1 Å². The van der Waals surface area contributed by atoms with Crippen molar-refractivity contribution in [3.05, 3.63) is 40.3 Å². The molecule has 1 aliphatic heterocycles. The summed E-state index contributed by atoms with van der Waals surface area (Å²) in [5.41, 5.74) is 4.51. The Bertz CT molecular complexity index is 789. The molecular formula is C14H12Cl2N4. The molecule has 1 aliphatic rings. The third-order valence-corrected chi connectivity index (χ3v) is 4.61. The van der Waals surface area contributed by atoms with Crippen molar-refractivity contribution in [3.8, 4) is 11.1 Å². The van der Waals surface area contributed by atoms with E-state index >= 15 is 0 Å². The van der Waals surface area contributed by atoms with Gasteiger partial charge in [-0.3, -0.25) is 5.10 Å². The number of rotatable bonds is 1. The number of hydrogen-bond acceptors (Lipinski definition) is 2. The summed E-state index contributed by atoms with van der Waals surface area (Å²) in [6.45, 7) is 2.65. The third-order valence-electron chi connectivity index (χ3n) is 3.81. The first-order valence-corrected chi connectivity index (χ1v) is 7.22. The Balaban J connectivity index is 2.15. The first-order valence-electron chi connectivity index (χ1n) is 6.46. The number of nitrogens with zero attached hydrogens (tertiary/aromatic N) is 2. The van der Waals surface area contributed by atoms with Gasteiger partial charge in [0.05, 0.1) is 21.8 Å². The van der Waals surface area contributed by atoms with Gasteiger partial charge in [0.1, 0.15) is 0 Å². The summed E-state index contributed by atoms with van der Waals surface area (Å²) >= 11 is 12.6. The summed E-state index contributed by atoms with van der Waals surface area (Å²) in [4.78, 5) is 0. The van der Waals surface area contributed by atoms with E-state index in [1.807, 2.05) is 24.5 Å². The van der Waals surface area contributed by atoms with Gasteiger partial charge in [0.25, 0.3) is 0 Å². The minimum atomic E-state index is 0.594. The second-order valence-corrected chi connectivity index (χ2v) is 5.68. The molecule has 6 heteroatoms. The van der Waals surface area contributed by atoms with Crippen LogP contribution in [0, 0.1) is 0 Å². The number of aromatic nitrogens is 3. The number of H-pyrrole nitrogens is 1. The van der Waals surface area contributed by atoms with Gasteiger partial charge < -0.3 is 9.88 Å². The molecule has 0 fully saturated rings. The van der Waals surface area contributed by atoms with Crippen molar-refractivity contribution in [1.29, 1.82) is 0 Å². The second-order valence-electron chi connectivity index (χ2n) is 4.89. The monoisotopic (exact) mass is 306 g/mol. The molecule has 0 bridgehead atoms. The maximum Gasteiger partial charge on any atom is 0.0835 e. The van der Waals surface area contributed by atoms with Crippen LogP contribution in [0.2, 0.25) is 10.0 Å². The van der Waals surface area contributed by atoms with Gasteiger partial charge in [-0.2, -0.15) is 5.10 Å². The summed E-state index contributed by atoms with van der Waals surface area (Å²) in [5, 5.41) is 12.7. The molecule has 4 nitrogen and oxygen atoms in total. The molecule has 0 spiro atoms. The van der Waals surface area contributed by atoms with Gasteiger partial charge in [-0.1, -0.05) is 29.3 Å². The summed E-state index contributed by atoms with van der Waals surface area (Å²) < 4.78 is 2.27. The fourth-order valence-corrected chi connectivity index (χ4v) is 3.39. The molecule has 0 saturated heterocycles. The predicted molar refractivity (Wildman–Crippen MR) is 81.2 cm³/mol. The largest absolute Gasteiger partial charge is 0.340 e. The Morgan fingerprint density at radius 1 is 1.25 bits per heavy atom. The van der Waals surface area contributed by atoms with Crippen LogP contribution in [0.5, 0.6) is 0 Å². The van der Waals surface area contributed by atoms with Gasteiger partial charge in [-0.05, 0) is 6.07 Å².